The maximum atomic E-state index is 10.8. The molecule has 4 atom stereocenters. The van der Waals surface area contributed by atoms with E-state index in [4.69, 9.17) is 31.3 Å². The maximum Gasteiger partial charge on any atom is 0.251 e. The standard InChI is InChI=1S/C7H15NO6.C4H7NO/c1-8-7(14)6(13)5(12)4(11)3(10)2-9;1-3(2)4(5)6/h3-6,9-13H,2H2,1H3,(H,8,14);1H2,2H3,(H2,5,6)/t3-,4-,5+,6-;/m1./s1. The summed E-state index contributed by atoms with van der Waals surface area (Å²) in [5.41, 5.74) is 5.09. The van der Waals surface area contributed by atoms with Gasteiger partial charge in [-0.15, -0.1) is 0 Å². The van der Waals surface area contributed by atoms with Gasteiger partial charge in [-0.05, 0) is 6.92 Å². The first-order valence-corrected chi connectivity index (χ1v) is 5.60. The van der Waals surface area contributed by atoms with E-state index in [0.717, 1.165) is 0 Å². The van der Waals surface area contributed by atoms with Gasteiger partial charge in [0.05, 0.1) is 6.61 Å². The number of carbonyl (C=O) groups is 2. The van der Waals surface area contributed by atoms with E-state index in [1.54, 1.807) is 6.92 Å². The molecule has 2 amide bonds. The Bertz CT molecular complexity index is 323. The minimum atomic E-state index is -1.85. The molecule has 9 nitrogen and oxygen atoms in total. The van der Waals surface area contributed by atoms with E-state index < -0.39 is 42.8 Å². The first kappa shape index (κ1) is 20.8. The van der Waals surface area contributed by atoms with Crippen LogP contribution in [0.5, 0.6) is 0 Å². The fourth-order valence-electron chi connectivity index (χ4n) is 0.825. The highest BCUT2D eigenvalue weighted by atomic mass is 16.4. The number of aliphatic hydroxyl groups is 5. The van der Waals surface area contributed by atoms with E-state index in [0.29, 0.717) is 5.57 Å². The van der Waals surface area contributed by atoms with Gasteiger partial charge in [0, 0.05) is 12.6 Å². The van der Waals surface area contributed by atoms with Crippen molar-refractivity contribution in [2.45, 2.75) is 31.3 Å². The molecule has 0 spiro atoms. The summed E-state index contributed by atoms with van der Waals surface area (Å²) in [6.07, 6.45) is -7.09. The van der Waals surface area contributed by atoms with Crippen molar-refractivity contribution in [3.8, 4) is 0 Å². The highest BCUT2D eigenvalue weighted by Gasteiger charge is 2.33. The Balaban J connectivity index is 0. The quantitative estimate of drug-likeness (QED) is 0.246. The van der Waals surface area contributed by atoms with E-state index in [1.165, 1.54) is 7.05 Å². The lowest BCUT2D eigenvalue weighted by molar-refractivity contribution is -0.148. The summed E-state index contributed by atoms with van der Waals surface area (Å²) in [6.45, 7) is 4.07. The minimum Gasteiger partial charge on any atom is -0.394 e. The Morgan fingerprint density at radius 3 is 1.85 bits per heavy atom. The van der Waals surface area contributed by atoms with Crippen LogP contribution in [0.3, 0.4) is 0 Å². The Labute approximate surface area is 116 Å². The smallest absolute Gasteiger partial charge is 0.251 e. The Hall–Kier alpha value is -1.52. The lowest BCUT2D eigenvalue weighted by Crippen LogP contribution is -2.51. The molecule has 20 heavy (non-hydrogen) atoms. The Morgan fingerprint density at radius 1 is 1.20 bits per heavy atom. The zero-order chi connectivity index (χ0) is 16.5. The first-order valence-electron chi connectivity index (χ1n) is 5.60. The summed E-state index contributed by atoms with van der Waals surface area (Å²) in [7, 11) is 1.24. The van der Waals surface area contributed by atoms with Crippen LogP contribution in [0, 0.1) is 0 Å². The molecule has 0 unspecified atom stereocenters. The van der Waals surface area contributed by atoms with Crippen LogP contribution in [0.4, 0.5) is 0 Å². The molecule has 0 aliphatic heterocycles. The van der Waals surface area contributed by atoms with Gasteiger partial charge in [0.2, 0.25) is 5.91 Å². The molecule has 0 saturated heterocycles. The van der Waals surface area contributed by atoms with Crippen molar-refractivity contribution >= 4 is 11.8 Å². The van der Waals surface area contributed by atoms with Crippen LogP contribution in [-0.2, 0) is 9.59 Å². The summed E-state index contributed by atoms with van der Waals surface area (Å²) in [6, 6.07) is 0. The molecule has 0 fully saturated rings. The predicted octanol–water partition coefficient (Wildman–Crippen LogP) is -3.78. The monoisotopic (exact) mass is 294 g/mol. The van der Waals surface area contributed by atoms with Gasteiger partial charge >= 0.3 is 0 Å². The highest BCUT2D eigenvalue weighted by molar-refractivity contribution is 5.90. The molecule has 9 heteroatoms. The summed E-state index contributed by atoms with van der Waals surface area (Å²) < 4.78 is 0. The minimum absolute atomic E-state index is 0.398. The molecular formula is C11H22N2O7. The maximum absolute atomic E-state index is 10.8. The zero-order valence-corrected chi connectivity index (χ0v) is 11.4. The van der Waals surface area contributed by atoms with Crippen LogP contribution in [0.15, 0.2) is 12.2 Å². The first-order chi connectivity index (χ1) is 9.09. The van der Waals surface area contributed by atoms with Gasteiger partial charge in [0.15, 0.2) is 6.10 Å². The second-order valence-corrected chi connectivity index (χ2v) is 3.93. The average Bonchev–Trinajstić information content (AvgIpc) is 2.43. The summed E-state index contributed by atoms with van der Waals surface area (Å²) in [5.74, 6) is -1.32. The molecule has 0 saturated carbocycles. The van der Waals surface area contributed by atoms with Crippen molar-refractivity contribution in [3.05, 3.63) is 12.2 Å². The normalized spacial score (nSPS) is 15.9. The molecule has 0 aromatic carbocycles. The van der Waals surface area contributed by atoms with Gasteiger partial charge in [-0.2, -0.15) is 0 Å². The fourth-order valence-corrected chi connectivity index (χ4v) is 0.825. The molecule has 0 bridgehead atoms. The molecule has 0 aromatic heterocycles. The van der Waals surface area contributed by atoms with Crippen molar-refractivity contribution in [2.24, 2.45) is 5.73 Å². The van der Waals surface area contributed by atoms with Crippen molar-refractivity contribution in [3.63, 3.8) is 0 Å². The second kappa shape index (κ2) is 10.3. The van der Waals surface area contributed by atoms with Crippen LogP contribution >= 0.6 is 0 Å². The van der Waals surface area contributed by atoms with E-state index >= 15 is 0 Å². The second-order valence-electron chi connectivity index (χ2n) is 3.93. The fraction of sp³-hybridized carbons (Fsp3) is 0.636. The third-order valence-electron chi connectivity index (χ3n) is 2.19. The molecule has 0 heterocycles. The third-order valence-corrected chi connectivity index (χ3v) is 2.19. The van der Waals surface area contributed by atoms with Gasteiger partial charge in [0.1, 0.15) is 18.3 Å². The van der Waals surface area contributed by atoms with Crippen molar-refractivity contribution < 1.29 is 35.1 Å². The highest BCUT2D eigenvalue weighted by Crippen LogP contribution is 2.04. The van der Waals surface area contributed by atoms with Crippen LogP contribution in [-0.4, -0.2) is 75.4 Å². The number of hydrogen-bond acceptors (Lipinski definition) is 7. The van der Waals surface area contributed by atoms with Crippen LogP contribution in [0.2, 0.25) is 0 Å². The number of primary amides is 1. The molecule has 118 valence electrons. The lowest BCUT2D eigenvalue weighted by Gasteiger charge is -2.24. The van der Waals surface area contributed by atoms with Crippen LogP contribution in [0.1, 0.15) is 6.92 Å². The summed E-state index contributed by atoms with van der Waals surface area (Å²) in [4.78, 5) is 20.6. The molecule has 0 rings (SSSR count). The topological polar surface area (TPSA) is 173 Å². The number of nitrogens with two attached hydrogens (primary N) is 1. The molecule has 0 aromatic rings. The molecule has 0 radical (unpaired) electrons. The van der Waals surface area contributed by atoms with Gasteiger partial charge < -0.3 is 36.6 Å². The van der Waals surface area contributed by atoms with E-state index in [-0.39, 0.29) is 0 Å². The van der Waals surface area contributed by atoms with Crippen LogP contribution < -0.4 is 11.1 Å². The number of carbonyl (C=O) groups excluding carboxylic acids is 2. The van der Waals surface area contributed by atoms with Gasteiger partial charge in [-0.3, -0.25) is 9.59 Å². The largest absolute Gasteiger partial charge is 0.394 e. The van der Waals surface area contributed by atoms with Crippen molar-refractivity contribution in [1.29, 1.82) is 0 Å². The molecule has 8 N–H and O–H groups in total. The Kier molecular flexibility index (Phi) is 10.7. The van der Waals surface area contributed by atoms with Gasteiger partial charge in [-0.25, -0.2) is 0 Å². The number of rotatable bonds is 6. The predicted molar refractivity (Wildman–Crippen MR) is 69.2 cm³/mol. The molecule has 0 aliphatic rings. The van der Waals surface area contributed by atoms with E-state index in [9.17, 15) is 9.59 Å². The number of aliphatic hydroxyl groups excluding tert-OH is 5. The van der Waals surface area contributed by atoms with Crippen LogP contribution in [0.25, 0.3) is 0 Å². The number of hydrogen-bond donors (Lipinski definition) is 7. The zero-order valence-electron chi connectivity index (χ0n) is 11.4. The lowest BCUT2D eigenvalue weighted by atomic mass is 10.0. The van der Waals surface area contributed by atoms with E-state index in [2.05, 4.69) is 11.9 Å². The van der Waals surface area contributed by atoms with E-state index in [1.807, 2.05) is 0 Å². The SMILES string of the molecule is C=C(C)C(N)=O.CNC(=O)[C@H](O)[C@@H](O)[C@H](O)[C@H](O)CO. The van der Waals surface area contributed by atoms with Crippen molar-refractivity contribution in [2.75, 3.05) is 13.7 Å². The summed E-state index contributed by atoms with van der Waals surface area (Å²) in [5, 5.41) is 46.7. The van der Waals surface area contributed by atoms with Gasteiger partial charge in [-0.1, -0.05) is 6.58 Å². The number of likely N-dealkylation sites (N-methyl/N-ethyl adjacent to an activating group) is 1. The number of amides is 2. The van der Waals surface area contributed by atoms with Gasteiger partial charge in [0.25, 0.3) is 5.91 Å². The Morgan fingerprint density at radius 2 is 1.60 bits per heavy atom. The third kappa shape index (κ3) is 7.81. The number of nitrogens with one attached hydrogen (secondary N) is 1. The molecular weight excluding hydrogens is 272 g/mol. The average molecular weight is 294 g/mol. The van der Waals surface area contributed by atoms with Crippen molar-refractivity contribution in [1.82, 2.24) is 5.32 Å². The summed E-state index contributed by atoms with van der Waals surface area (Å²) >= 11 is 0. The molecule has 0 aliphatic carbocycles.